The molecule has 0 aliphatic heterocycles. The Hall–Kier alpha value is 0.0900. The fourth-order valence-electron chi connectivity index (χ4n) is 1.24. The normalized spacial score (nSPS) is 30.6. The quantitative estimate of drug-likeness (QED) is 0.452. The molecular formula is C7H12S. The summed E-state index contributed by atoms with van der Waals surface area (Å²) in [5, 5.41) is 0. The summed E-state index contributed by atoms with van der Waals surface area (Å²) in [6.07, 6.45) is 5.13. The van der Waals surface area contributed by atoms with Crippen LogP contribution in [0.4, 0.5) is 0 Å². The summed E-state index contributed by atoms with van der Waals surface area (Å²) in [4.78, 5) is 1.30. The van der Waals surface area contributed by atoms with Crippen molar-refractivity contribution in [2.45, 2.75) is 32.6 Å². The van der Waals surface area contributed by atoms with Crippen molar-refractivity contribution in [1.29, 1.82) is 0 Å². The molecule has 1 saturated carbocycles. The van der Waals surface area contributed by atoms with E-state index in [0.29, 0.717) is 0 Å². The van der Waals surface area contributed by atoms with Crippen molar-refractivity contribution in [3.8, 4) is 0 Å². The summed E-state index contributed by atoms with van der Waals surface area (Å²) >= 11 is 5.08. The van der Waals surface area contributed by atoms with Crippen molar-refractivity contribution < 1.29 is 0 Å². The van der Waals surface area contributed by atoms with E-state index in [-0.39, 0.29) is 0 Å². The van der Waals surface area contributed by atoms with E-state index in [0.717, 1.165) is 5.92 Å². The Balaban J connectivity index is 2.34. The highest BCUT2D eigenvalue weighted by Gasteiger charge is 2.11. The predicted octanol–water partition coefficient (Wildman–Crippen LogP) is 2.57. The fourth-order valence-corrected chi connectivity index (χ4v) is 1.67. The van der Waals surface area contributed by atoms with Crippen LogP contribution in [0.5, 0.6) is 0 Å². The molecule has 0 heterocycles. The van der Waals surface area contributed by atoms with Crippen molar-refractivity contribution in [2.24, 2.45) is 5.92 Å². The highest BCUT2D eigenvalue weighted by Crippen LogP contribution is 2.20. The number of hydrogen-bond donors (Lipinski definition) is 0. The number of hydrogen-bond acceptors (Lipinski definition) is 1. The molecule has 0 aromatic heterocycles. The predicted molar refractivity (Wildman–Crippen MR) is 40.2 cm³/mol. The van der Waals surface area contributed by atoms with Gasteiger partial charge in [-0.25, -0.2) is 0 Å². The van der Waals surface area contributed by atoms with Crippen LogP contribution < -0.4 is 0 Å². The highest BCUT2D eigenvalue weighted by atomic mass is 32.1. The van der Waals surface area contributed by atoms with Gasteiger partial charge in [-0.1, -0.05) is 25.6 Å². The first-order valence-corrected chi connectivity index (χ1v) is 3.71. The molecule has 1 aliphatic rings. The standard InChI is InChI=1S/C7H12S/c1-6-3-2-4-7(8)5-6/h6H,2-5H2,1H3. The maximum Gasteiger partial charge on any atom is -0.00688 e. The van der Waals surface area contributed by atoms with Crippen LogP contribution in [-0.2, 0) is 0 Å². The molecule has 0 radical (unpaired) electrons. The Labute approximate surface area is 56.3 Å². The lowest BCUT2D eigenvalue weighted by molar-refractivity contribution is 0.505. The Morgan fingerprint density at radius 1 is 1.62 bits per heavy atom. The molecule has 0 saturated heterocycles. The van der Waals surface area contributed by atoms with Crippen LogP contribution >= 0.6 is 12.2 Å². The van der Waals surface area contributed by atoms with Crippen molar-refractivity contribution >= 4 is 17.1 Å². The Kier molecular flexibility index (Phi) is 2.01. The molecule has 1 unspecified atom stereocenters. The highest BCUT2D eigenvalue weighted by molar-refractivity contribution is 7.80. The van der Waals surface area contributed by atoms with Gasteiger partial charge < -0.3 is 0 Å². The fraction of sp³-hybridized carbons (Fsp3) is 0.857. The second-order valence-electron chi connectivity index (χ2n) is 2.74. The lowest BCUT2D eigenvalue weighted by Gasteiger charge is -2.17. The monoisotopic (exact) mass is 128 g/mol. The van der Waals surface area contributed by atoms with Gasteiger partial charge in [0.1, 0.15) is 0 Å². The molecule has 8 heavy (non-hydrogen) atoms. The molecule has 46 valence electrons. The zero-order valence-electron chi connectivity index (χ0n) is 5.31. The molecule has 0 spiro atoms. The van der Waals surface area contributed by atoms with E-state index in [1.165, 1.54) is 30.5 Å². The summed E-state index contributed by atoms with van der Waals surface area (Å²) in [7, 11) is 0. The van der Waals surface area contributed by atoms with Crippen molar-refractivity contribution in [1.82, 2.24) is 0 Å². The van der Waals surface area contributed by atoms with Crippen LogP contribution in [0.15, 0.2) is 0 Å². The largest absolute Gasteiger partial charge is 0.0897 e. The molecule has 1 aliphatic carbocycles. The van der Waals surface area contributed by atoms with Gasteiger partial charge in [0.2, 0.25) is 0 Å². The van der Waals surface area contributed by atoms with Gasteiger partial charge in [0.15, 0.2) is 0 Å². The van der Waals surface area contributed by atoms with Crippen LogP contribution in [0.2, 0.25) is 0 Å². The third-order valence-corrected chi connectivity index (χ3v) is 2.10. The van der Waals surface area contributed by atoms with Gasteiger partial charge in [-0.2, -0.15) is 0 Å². The van der Waals surface area contributed by atoms with E-state index in [4.69, 9.17) is 12.2 Å². The molecule has 0 N–H and O–H groups in total. The summed E-state index contributed by atoms with van der Waals surface area (Å²) < 4.78 is 0. The Bertz CT molecular complexity index is 96.6. The van der Waals surface area contributed by atoms with Gasteiger partial charge in [-0.15, -0.1) is 0 Å². The summed E-state index contributed by atoms with van der Waals surface area (Å²) in [5.74, 6) is 0.872. The van der Waals surface area contributed by atoms with E-state index in [9.17, 15) is 0 Å². The molecule has 0 nitrogen and oxygen atoms in total. The van der Waals surface area contributed by atoms with Crippen LogP contribution in [-0.4, -0.2) is 4.86 Å². The zero-order chi connectivity index (χ0) is 5.98. The Morgan fingerprint density at radius 3 is 2.75 bits per heavy atom. The van der Waals surface area contributed by atoms with Crippen molar-refractivity contribution in [3.63, 3.8) is 0 Å². The van der Waals surface area contributed by atoms with Gasteiger partial charge >= 0.3 is 0 Å². The first-order valence-electron chi connectivity index (χ1n) is 3.31. The molecule has 0 aromatic rings. The summed E-state index contributed by atoms with van der Waals surface area (Å²) in [5.41, 5.74) is 0. The van der Waals surface area contributed by atoms with E-state index in [1.807, 2.05) is 0 Å². The Morgan fingerprint density at radius 2 is 2.38 bits per heavy atom. The minimum absolute atomic E-state index is 0.872. The second kappa shape index (κ2) is 2.58. The van der Waals surface area contributed by atoms with Crippen molar-refractivity contribution in [3.05, 3.63) is 0 Å². The average Bonchev–Trinajstić information content (AvgIpc) is 1.64. The van der Waals surface area contributed by atoms with E-state index >= 15 is 0 Å². The van der Waals surface area contributed by atoms with Crippen LogP contribution in [0, 0.1) is 5.92 Å². The SMILES string of the molecule is CC1CCCC(=S)C1. The van der Waals surface area contributed by atoms with Crippen LogP contribution in [0.3, 0.4) is 0 Å². The minimum atomic E-state index is 0.872. The van der Waals surface area contributed by atoms with Gasteiger partial charge in [0, 0.05) is 0 Å². The number of thiocarbonyl (C=S) groups is 1. The maximum absolute atomic E-state index is 5.08. The zero-order valence-corrected chi connectivity index (χ0v) is 6.13. The van der Waals surface area contributed by atoms with E-state index in [1.54, 1.807) is 0 Å². The summed E-state index contributed by atoms with van der Waals surface area (Å²) in [6, 6.07) is 0. The topological polar surface area (TPSA) is 0 Å². The summed E-state index contributed by atoms with van der Waals surface area (Å²) in [6.45, 7) is 2.28. The van der Waals surface area contributed by atoms with E-state index < -0.39 is 0 Å². The van der Waals surface area contributed by atoms with Gasteiger partial charge in [-0.05, 0) is 30.0 Å². The molecule has 1 rings (SSSR count). The lowest BCUT2D eigenvalue weighted by atomic mass is 9.91. The molecule has 0 aromatic carbocycles. The smallest absolute Gasteiger partial charge is 0.00688 e. The maximum atomic E-state index is 5.08. The molecule has 1 atom stereocenters. The first-order chi connectivity index (χ1) is 3.79. The average molecular weight is 128 g/mol. The molecule has 0 amide bonds. The van der Waals surface area contributed by atoms with Gasteiger partial charge in [0.25, 0.3) is 0 Å². The number of rotatable bonds is 0. The molecule has 1 fully saturated rings. The lowest BCUT2D eigenvalue weighted by Crippen LogP contribution is -2.09. The third kappa shape index (κ3) is 1.55. The minimum Gasteiger partial charge on any atom is -0.0897 e. The van der Waals surface area contributed by atoms with Gasteiger partial charge in [-0.3, -0.25) is 0 Å². The molecular weight excluding hydrogens is 116 g/mol. The second-order valence-corrected chi connectivity index (χ2v) is 3.32. The molecule has 1 heteroatoms. The molecule has 0 bridgehead atoms. The third-order valence-electron chi connectivity index (χ3n) is 1.73. The first kappa shape index (κ1) is 6.21. The van der Waals surface area contributed by atoms with Gasteiger partial charge in [0.05, 0.1) is 0 Å². The van der Waals surface area contributed by atoms with Crippen LogP contribution in [0.1, 0.15) is 32.6 Å². The van der Waals surface area contributed by atoms with E-state index in [2.05, 4.69) is 6.92 Å². The van der Waals surface area contributed by atoms with Crippen LogP contribution in [0.25, 0.3) is 0 Å². The van der Waals surface area contributed by atoms with Crippen molar-refractivity contribution in [2.75, 3.05) is 0 Å².